The van der Waals surface area contributed by atoms with Crippen molar-refractivity contribution in [2.24, 2.45) is 0 Å². The minimum Gasteiger partial charge on any atom is -0.743 e. The second-order valence-electron chi connectivity index (χ2n) is 8.55. The van der Waals surface area contributed by atoms with Crippen LogP contribution in [0.15, 0.2) is 47.5 Å². The molecule has 1 unspecified atom stereocenters. The summed E-state index contributed by atoms with van der Waals surface area (Å²) in [6.45, 7) is 5.73. The fourth-order valence-electron chi connectivity index (χ4n) is 3.59. The van der Waals surface area contributed by atoms with E-state index >= 15 is 0 Å². The summed E-state index contributed by atoms with van der Waals surface area (Å²) in [6.07, 6.45) is 2.41. The van der Waals surface area contributed by atoms with Crippen LogP contribution in [0.1, 0.15) is 50.4 Å². The molecule has 1 aliphatic heterocycles. The maximum Gasteiger partial charge on any atom is 1.00 e. The zero-order valence-electron chi connectivity index (χ0n) is 18.5. The molecule has 0 spiro atoms. The SMILES string of the molecule is CC(C)(C)OC(=O)N1Cc2ccc(S(=O)(=O)[O-])nc2CC1CCCc1ccccc1.[Na+]. The van der Waals surface area contributed by atoms with Crippen molar-refractivity contribution >= 4 is 16.2 Å². The van der Waals surface area contributed by atoms with Crippen molar-refractivity contribution in [3.63, 3.8) is 0 Å². The van der Waals surface area contributed by atoms with Crippen LogP contribution in [0.3, 0.4) is 0 Å². The number of amides is 1. The average molecular weight is 455 g/mol. The van der Waals surface area contributed by atoms with Crippen molar-refractivity contribution in [3.05, 3.63) is 59.3 Å². The third-order valence-electron chi connectivity index (χ3n) is 4.98. The van der Waals surface area contributed by atoms with Crippen LogP contribution >= 0.6 is 0 Å². The molecule has 1 aliphatic rings. The molecule has 0 radical (unpaired) electrons. The van der Waals surface area contributed by atoms with E-state index in [9.17, 15) is 17.8 Å². The third kappa shape index (κ3) is 7.29. The number of ether oxygens (including phenoxy) is 1. The van der Waals surface area contributed by atoms with Crippen molar-refractivity contribution in [1.82, 2.24) is 9.88 Å². The second kappa shape index (κ2) is 10.4. The first-order valence-corrected chi connectivity index (χ1v) is 11.4. The first kappa shape index (κ1) is 25.8. The first-order chi connectivity index (χ1) is 14.0. The van der Waals surface area contributed by atoms with Gasteiger partial charge in [-0.1, -0.05) is 36.4 Å². The van der Waals surface area contributed by atoms with Gasteiger partial charge >= 0.3 is 35.7 Å². The molecule has 1 atom stereocenters. The Bertz CT molecular complexity index is 1010. The zero-order chi connectivity index (χ0) is 21.9. The van der Waals surface area contributed by atoms with Gasteiger partial charge in [-0.05, 0) is 57.2 Å². The van der Waals surface area contributed by atoms with Crippen molar-refractivity contribution in [2.45, 2.75) is 69.7 Å². The Hall–Kier alpha value is -1.45. The topological polar surface area (TPSA) is 99.6 Å². The molecular formula is C22H27N2NaO5S. The predicted molar refractivity (Wildman–Crippen MR) is 111 cm³/mol. The summed E-state index contributed by atoms with van der Waals surface area (Å²) in [5, 5.41) is -0.477. The van der Waals surface area contributed by atoms with Crippen LogP contribution < -0.4 is 29.6 Å². The molecule has 1 amide bonds. The summed E-state index contributed by atoms with van der Waals surface area (Å²) in [5.41, 5.74) is 1.88. The van der Waals surface area contributed by atoms with E-state index in [1.807, 2.05) is 39.0 Å². The predicted octanol–water partition coefficient (Wildman–Crippen LogP) is 0.674. The molecule has 1 aromatic carbocycles. The van der Waals surface area contributed by atoms with E-state index < -0.39 is 26.8 Å². The molecule has 0 saturated heterocycles. The van der Waals surface area contributed by atoms with Crippen LogP contribution in [-0.4, -0.2) is 40.6 Å². The monoisotopic (exact) mass is 454 g/mol. The van der Waals surface area contributed by atoms with Crippen LogP contribution in [0.25, 0.3) is 0 Å². The third-order valence-corrected chi connectivity index (χ3v) is 5.72. The number of fused-ring (bicyclic) bond motifs is 1. The number of aryl methyl sites for hydroxylation is 1. The first-order valence-electron chi connectivity index (χ1n) is 10.0. The van der Waals surface area contributed by atoms with Crippen molar-refractivity contribution in [3.8, 4) is 0 Å². The van der Waals surface area contributed by atoms with Gasteiger partial charge < -0.3 is 14.2 Å². The molecule has 2 aromatic rings. The van der Waals surface area contributed by atoms with Crippen LogP contribution in [0, 0.1) is 0 Å². The summed E-state index contributed by atoms with van der Waals surface area (Å²) < 4.78 is 39.7. The molecule has 0 aliphatic carbocycles. The molecule has 7 nitrogen and oxygen atoms in total. The second-order valence-corrected chi connectivity index (χ2v) is 9.88. The molecule has 0 N–H and O–H groups in total. The Morgan fingerprint density at radius 2 is 1.87 bits per heavy atom. The van der Waals surface area contributed by atoms with E-state index in [-0.39, 0.29) is 42.1 Å². The number of hydrogen-bond acceptors (Lipinski definition) is 6. The molecule has 0 bridgehead atoms. The Morgan fingerprint density at radius 1 is 1.19 bits per heavy atom. The minimum absolute atomic E-state index is 0. The van der Waals surface area contributed by atoms with Crippen molar-refractivity contribution < 1.29 is 52.1 Å². The van der Waals surface area contributed by atoms with Gasteiger partial charge in [0.25, 0.3) is 0 Å². The van der Waals surface area contributed by atoms with Crippen molar-refractivity contribution in [2.75, 3.05) is 0 Å². The quantitative estimate of drug-likeness (QED) is 0.487. The summed E-state index contributed by atoms with van der Waals surface area (Å²) >= 11 is 0. The number of rotatable bonds is 5. The fourth-order valence-corrected chi connectivity index (χ4v) is 4.05. The van der Waals surface area contributed by atoms with E-state index in [0.717, 1.165) is 18.4 Å². The number of carbonyl (C=O) groups is 1. The normalized spacial score (nSPS) is 16.3. The molecule has 162 valence electrons. The maximum atomic E-state index is 12.8. The standard InChI is InChI=1S/C22H28N2O5S.Na/c1-22(2,3)29-21(25)24-15-17-12-13-20(30(26,27)28)23-19(17)14-18(24)11-7-10-16-8-5-4-6-9-16;/h4-6,8-9,12-13,18H,7,10-11,14-15H2,1-3H3,(H,26,27,28);/q;+1/p-1. The van der Waals surface area contributed by atoms with Crippen LogP contribution in [0.5, 0.6) is 0 Å². The van der Waals surface area contributed by atoms with Crippen LogP contribution in [-0.2, 0) is 34.2 Å². The Balaban J connectivity index is 0.00000341. The van der Waals surface area contributed by atoms with Gasteiger partial charge in [-0.2, -0.15) is 0 Å². The smallest absolute Gasteiger partial charge is 0.743 e. The summed E-state index contributed by atoms with van der Waals surface area (Å²) in [6, 6.07) is 12.7. The number of pyridine rings is 1. The molecule has 31 heavy (non-hydrogen) atoms. The average Bonchev–Trinajstić information content (AvgIpc) is 2.65. The van der Waals surface area contributed by atoms with E-state index in [4.69, 9.17) is 4.74 Å². The van der Waals surface area contributed by atoms with E-state index in [0.29, 0.717) is 18.5 Å². The van der Waals surface area contributed by atoms with Gasteiger partial charge in [0.15, 0.2) is 0 Å². The van der Waals surface area contributed by atoms with Gasteiger partial charge in [-0.15, -0.1) is 0 Å². The van der Waals surface area contributed by atoms with Gasteiger partial charge in [0.05, 0.1) is 6.54 Å². The van der Waals surface area contributed by atoms with E-state index in [2.05, 4.69) is 17.1 Å². The Morgan fingerprint density at radius 3 is 2.48 bits per heavy atom. The number of benzene rings is 1. The van der Waals surface area contributed by atoms with Crippen molar-refractivity contribution in [1.29, 1.82) is 0 Å². The molecule has 0 fully saturated rings. The maximum absolute atomic E-state index is 12.8. The molecule has 3 rings (SSSR count). The van der Waals surface area contributed by atoms with Gasteiger partial charge in [-0.25, -0.2) is 18.2 Å². The summed E-state index contributed by atoms with van der Waals surface area (Å²) in [4.78, 5) is 18.6. The van der Waals surface area contributed by atoms with Gasteiger partial charge in [-0.3, -0.25) is 0 Å². The largest absolute Gasteiger partial charge is 1.00 e. The Labute approximate surface area is 206 Å². The van der Waals surface area contributed by atoms with Crippen LogP contribution in [0.4, 0.5) is 4.79 Å². The molecule has 0 saturated carbocycles. The number of hydrogen-bond donors (Lipinski definition) is 0. The van der Waals surface area contributed by atoms with Gasteiger partial charge in [0.2, 0.25) is 0 Å². The molecule has 1 aromatic heterocycles. The molecular weight excluding hydrogens is 427 g/mol. The summed E-state index contributed by atoms with van der Waals surface area (Å²) in [7, 11) is -4.63. The van der Waals surface area contributed by atoms with Crippen LogP contribution in [0.2, 0.25) is 0 Å². The van der Waals surface area contributed by atoms with Gasteiger partial charge in [0.1, 0.15) is 20.7 Å². The number of nitrogens with zero attached hydrogens (tertiary/aromatic N) is 2. The molecule has 2 heterocycles. The van der Waals surface area contributed by atoms with Gasteiger partial charge in [0, 0.05) is 18.2 Å². The summed E-state index contributed by atoms with van der Waals surface area (Å²) in [5.74, 6) is 0. The zero-order valence-corrected chi connectivity index (χ0v) is 21.3. The number of carbonyl (C=O) groups excluding carboxylic acids is 1. The van der Waals surface area contributed by atoms with E-state index in [1.165, 1.54) is 11.6 Å². The molecule has 9 heteroatoms. The van der Waals surface area contributed by atoms with E-state index in [1.54, 1.807) is 11.0 Å². The Kier molecular flexibility index (Phi) is 8.69. The minimum atomic E-state index is -4.63. The number of aromatic nitrogens is 1. The fraction of sp³-hybridized carbons (Fsp3) is 0.455.